The maximum Gasteiger partial charge on any atom is 0.416 e. The highest BCUT2D eigenvalue weighted by atomic mass is 19.4. The average Bonchev–Trinajstić information content (AvgIpc) is 3.34. The van der Waals surface area contributed by atoms with Crippen LogP contribution in [0.15, 0.2) is 24.3 Å². The number of hydrogen-bond acceptors (Lipinski definition) is 3. The van der Waals surface area contributed by atoms with Crippen molar-refractivity contribution in [2.24, 2.45) is 5.41 Å². The Kier molecular flexibility index (Phi) is 6.99. The number of nitrogens with zero attached hydrogens (tertiary/aromatic N) is 1. The molecule has 1 atom stereocenters. The molecular weight excluding hydrogens is 463 g/mol. The summed E-state index contributed by atoms with van der Waals surface area (Å²) >= 11 is 0. The Labute approximate surface area is 209 Å². The average molecular weight is 490 g/mol. The Balaban J connectivity index is 1.97. The monoisotopic (exact) mass is 489 g/mol. The summed E-state index contributed by atoms with van der Waals surface area (Å²) in [6, 6.07) is 4.15. The van der Waals surface area contributed by atoms with E-state index in [4.69, 9.17) is 11.4 Å². The van der Waals surface area contributed by atoms with Gasteiger partial charge in [-0.05, 0) is 66.9 Å². The summed E-state index contributed by atoms with van der Waals surface area (Å²) in [5, 5.41) is 11.1. The van der Waals surface area contributed by atoms with Crippen molar-refractivity contribution in [3.05, 3.63) is 63.5 Å². The minimum Gasteiger partial charge on any atom is -0.388 e. The molecule has 0 bridgehead atoms. The van der Waals surface area contributed by atoms with E-state index in [0.29, 0.717) is 35.4 Å². The number of fused-ring (bicyclic) bond motifs is 1. The largest absolute Gasteiger partial charge is 0.416 e. The molecule has 36 heavy (non-hydrogen) atoms. The lowest BCUT2D eigenvalue weighted by atomic mass is 9.72. The molecule has 0 amide bonds. The summed E-state index contributed by atoms with van der Waals surface area (Å²) in [6.45, 7) is 4.11. The standard InChI is InChI=1S/C30H26F3NO2/c1-4-5-6-7-12-22-25-23(17-29(2,3)18-24(25)35)34-27(19-10-8-9-11-19)26(22)28(36)20-13-15-21(16-14-20)30(31,32)33/h1,13-16,19,24,35H,8-11,17-18H2,2-3H3. The van der Waals surface area contributed by atoms with Crippen LogP contribution in [0.25, 0.3) is 0 Å². The third-order valence-electron chi connectivity index (χ3n) is 6.89. The minimum atomic E-state index is -4.51. The molecular formula is C30H26F3NO2. The van der Waals surface area contributed by atoms with Crippen LogP contribution in [0.5, 0.6) is 0 Å². The number of aliphatic hydroxyl groups is 1. The molecule has 2 aliphatic rings. The van der Waals surface area contributed by atoms with E-state index < -0.39 is 23.6 Å². The molecule has 2 aromatic rings. The second kappa shape index (κ2) is 9.85. The fourth-order valence-corrected chi connectivity index (χ4v) is 5.28. The number of halogens is 3. The Hall–Kier alpha value is -3.53. The number of carbonyl (C=O) groups excluding carboxylic acids is 1. The van der Waals surface area contributed by atoms with Gasteiger partial charge in [-0.2, -0.15) is 13.2 Å². The van der Waals surface area contributed by atoms with E-state index in [0.717, 1.165) is 37.8 Å². The van der Waals surface area contributed by atoms with Crippen molar-refractivity contribution in [1.29, 1.82) is 0 Å². The Morgan fingerprint density at radius 2 is 1.78 bits per heavy atom. The SMILES string of the molecule is C#CC#CC#Cc1c(C(=O)c2ccc(C(F)(F)F)cc2)c(C2CCCC2)nc2c1C(O)CC(C)(C)C2. The number of benzene rings is 1. The molecule has 0 radical (unpaired) electrons. The molecule has 1 aromatic carbocycles. The molecule has 1 saturated carbocycles. The zero-order valence-corrected chi connectivity index (χ0v) is 20.2. The van der Waals surface area contributed by atoms with E-state index in [-0.39, 0.29) is 22.5 Å². The normalized spacial score (nSPS) is 18.8. The third kappa shape index (κ3) is 5.18. The molecule has 0 aliphatic heterocycles. The molecule has 0 spiro atoms. The Bertz CT molecular complexity index is 1350. The maximum atomic E-state index is 13.9. The molecule has 1 fully saturated rings. The molecule has 184 valence electrons. The van der Waals surface area contributed by atoms with E-state index in [2.05, 4.69) is 43.4 Å². The molecule has 0 saturated heterocycles. The van der Waals surface area contributed by atoms with Crippen molar-refractivity contribution in [3.63, 3.8) is 0 Å². The molecule has 2 aliphatic carbocycles. The smallest absolute Gasteiger partial charge is 0.388 e. The van der Waals surface area contributed by atoms with E-state index in [1.165, 1.54) is 12.1 Å². The zero-order valence-electron chi connectivity index (χ0n) is 20.2. The van der Waals surface area contributed by atoms with Gasteiger partial charge >= 0.3 is 6.18 Å². The topological polar surface area (TPSA) is 50.2 Å². The number of alkyl halides is 3. The van der Waals surface area contributed by atoms with Gasteiger partial charge in [-0.1, -0.05) is 44.7 Å². The minimum absolute atomic E-state index is 0.0308. The number of terminal acetylenes is 1. The first-order chi connectivity index (χ1) is 17.0. The summed E-state index contributed by atoms with van der Waals surface area (Å²) < 4.78 is 39.3. The van der Waals surface area contributed by atoms with Gasteiger partial charge in [-0.15, -0.1) is 6.42 Å². The summed E-state index contributed by atoms with van der Waals surface area (Å²) in [4.78, 5) is 18.8. The molecule has 1 N–H and O–H groups in total. The van der Waals surface area contributed by atoms with Crippen LogP contribution in [0.3, 0.4) is 0 Å². The van der Waals surface area contributed by atoms with Gasteiger partial charge < -0.3 is 5.11 Å². The van der Waals surface area contributed by atoms with Crippen LogP contribution < -0.4 is 0 Å². The third-order valence-corrected chi connectivity index (χ3v) is 6.89. The van der Waals surface area contributed by atoms with Gasteiger partial charge in [-0.3, -0.25) is 9.78 Å². The number of hydrogen-bond donors (Lipinski definition) is 1. The highest BCUT2D eigenvalue weighted by Gasteiger charge is 2.38. The molecule has 6 heteroatoms. The van der Waals surface area contributed by atoms with Crippen molar-refractivity contribution in [2.75, 3.05) is 0 Å². The lowest BCUT2D eigenvalue weighted by molar-refractivity contribution is -0.137. The van der Waals surface area contributed by atoms with E-state index in [1.807, 2.05) is 0 Å². The van der Waals surface area contributed by atoms with Crippen molar-refractivity contribution >= 4 is 5.78 Å². The number of rotatable bonds is 3. The molecule has 3 nitrogen and oxygen atoms in total. The fourth-order valence-electron chi connectivity index (χ4n) is 5.28. The van der Waals surface area contributed by atoms with Gasteiger partial charge in [0, 0.05) is 28.3 Å². The van der Waals surface area contributed by atoms with E-state index in [9.17, 15) is 23.1 Å². The first kappa shape index (κ1) is 25.6. The fraction of sp³-hybridized carbons (Fsp3) is 0.400. The highest BCUT2D eigenvalue weighted by molar-refractivity contribution is 6.11. The van der Waals surface area contributed by atoms with Crippen LogP contribution in [0.2, 0.25) is 0 Å². The number of aromatic nitrogens is 1. The van der Waals surface area contributed by atoms with Gasteiger partial charge in [0.25, 0.3) is 0 Å². The summed E-state index contributed by atoms with van der Waals surface area (Å²) in [5.74, 6) is 12.4. The maximum absolute atomic E-state index is 13.9. The summed E-state index contributed by atoms with van der Waals surface area (Å²) in [7, 11) is 0. The number of aliphatic hydroxyl groups excluding tert-OH is 1. The van der Waals surface area contributed by atoms with Crippen molar-refractivity contribution in [2.45, 2.75) is 70.6 Å². The van der Waals surface area contributed by atoms with Crippen LogP contribution in [-0.4, -0.2) is 15.9 Å². The van der Waals surface area contributed by atoms with Gasteiger partial charge in [0.15, 0.2) is 5.78 Å². The van der Waals surface area contributed by atoms with Crippen molar-refractivity contribution < 1.29 is 23.1 Å². The van der Waals surface area contributed by atoms with Crippen LogP contribution in [0, 0.1) is 41.4 Å². The van der Waals surface area contributed by atoms with Crippen molar-refractivity contribution in [3.8, 4) is 36.0 Å². The highest BCUT2D eigenvalue weighted by Crippen LogP contribution is 2.45. The Morgan fingerprint density at radius 1 is 1.11 bits per heavy atom. The van der Waals surface area contributed by atoms with Crippen LogP contribution in [0.1, 0.15) is 102 Å². The van der Waals surface area contributed by atoms with Gasteiger partial charge in [-0.25, -0.2) is 0 Å². The number of ketones is 1. The van der Waals surface area contributed by atoms with Gasteiger partial charge in [0.1, 0.15) is 0 Å². The summed E-state index contributed by atoms with van der Waals surface area (Å²) in [5.41, 5.74) is 1.48. The number of carbonyl (C=O) groups is 1. The van der Waals surface area contributed by atoms with E-state index in [1.54, 1.807) is 0 Å². The second-order valence-electron chi connectivity index (χ2n) is 10.2. The molecule has 4 rings (SSSR count). The lowest BCUT2D eigenvalue weighted by Crippen LogP contribution is -2.29. The zero-order chi connectivity index (χ0) is 26.1. The second-order valence-corrected chi connectivity index (χ2v) is 10.2. The van der Waals surface area contributed by atoms with E-state index >= 15 is 0 Å². The quantitative estimate of drug-likeness (QED) is 0.426. The molecule has 1 heterocycles. The Morgan fingerprint density at radius 3 is 2.39 bits per heavy atom. The number of pyridine rings is 1. The predicted molar refractivity (Wildman–Crippen MR) is 131 cm³/mol. The van der Waals surface area contributed by atoms with Crippen molar-refractivity contribution in [1.82, 2.24) is 4.98 Å². The lowest BCUT2D eigenvalue weighted by Gasteiger charge is -2.36. The van der Waals surface area contributed by atoms with Gasteiger partial charge in [0.2, 0.25) is 0 Å². The molecule has 1 unspecified atom stereocenters. The first-order valence-electron chi connectivity index (χ1n) is 11.9. The van der Waals surface area contributed by atoms with Crippen LogP contribution in [0.4, 0.5) is 13.2 Å². The van der Waals surface area contributed by atoms with Gasteiger partial charge in [0.05, 0.1) is 22.9 Å². The molecule has 1 aromatic heterocycles. The van der Waals surface area contributed by atoms with Crippen LogP contribution >= 0.6 is 0 Å². The van der Waals surface area contributed by atoms with Crippen LogP contribution in [-0.2, 0) is 12.6 Å². The first-order valence-corrected chi connectivity index (χ1v) is 11.9. The summed E-state index contributed by atoms with van der Waals surface area (Å²) in [6.07, 6.45) is 4.58. The predicted octanol–water partition coefficient (Wildman–Crippen LogP) is 5.98.